The largest absolute Gasteiger partial charge is 0.466 e. The molecular formula is C10H18O4. The number of carbonyl (C=O) groups excluding carboxylic acids is 1. The zero-order valence-electron chi connectivity index (χ0n) is 8.88. The first-order chi connectivity index (χ1) is 6.72. The Morgan fingerprint density at radius 3 is 2.50 bits per heavy atom. The summed E-state index contributed by atoms with van der Waals surface area (Å²) in [5.41, 5.74) is 0. The van der Waals surface area contributed by atoms with Crippen molar-refractivity contribution in [2.75, 3.05) is 19.8 Å². The van der Waals surface area contributed by atoms with Crippen LogP contribution in [0.5, 0.6) is 0 Å². The molecule has 0 spiro atoms. The van der Waals surface area contributed by atoms with Gasteiger partial charge in [0.2, 0.25) is 0 Å². The van der Waals surface area contributed by atoms with Crippen molar-refractivity contribution in [3.63, 3.8) is 0 Å². The summed E-state index contributed by atoms with van der Waals surface area (Å²) in [6, 6.07) is 0. The number of hydrogen-bond donors (Lipinski definition) is 0. The molecule has 4 nitrogen and oxygen atoms in total. The van der Waals surface area contributed by atoms with E-state index in [0.29, 0.717) is 19.8 Å². The first-order valence-corrected chi connectivity index (χ1v) is 5.16. The standard InChI is InChI=1S/C10H18O4/c1-3-5-10(13-6-7-14-10)8-9(11)12-4-2/h3-8H2,1-2H3. The van der Waals surface area contributed by atoms with Crippen LogP contribution in [0.3, 0.4) is 0 Å². The third-order valence-corrected chi connectivity index (χ3v) is 2.16. The summed E-state index contributed by atoms with van der Waals surface area (Å²) in [4.78, 5) is 11.3. The average molecular weight is 202 g/mol. The van der Waals surface area contributed by atoms with Crippen LogP contribution in [-0.2, 0) is 19.0 Å². The molecule has 0 N–H and O–H groups in total. The predicted molar refractivity (Wildman–Crippen MR) is 50.8 cm³/mol. The van der Waals surface area contributed by atoms with Gasteiger partial charge in [-0.15, -0.1) is 0 Å². The summed E-state index contributed by atoms with van der Waals surface area (Å²) in [7, 11) is 0. The second-order valence-electron chi connectivity index (χ2n) is 3.34. The molecule has 0 aliphatic carbocycles. The highest BCUT2D eigenvalue weighted by Crippen LogP contribution is 2.28. The van der Waals surface area contributed by atoms with Gasteiger partial charge >= 0.3 is 5.97 Å². The molecule has 0 radical (unpaired) electrons. The Bertz CT molecular complexity index is 185. The Morgan fingerprint density at radius 1 is 1.36 bits per heavy atom. The molecule has 1 aliphatic rings. The van der Waals surface area contributed by atoms with E-state index in [9.17, 15) is 4.79 Å². The van der Waals surface area contributed by atoms with Crippen LogP contribution in [0.25, 0.3) is 0 Å². The third kappa shape index (κ3) is 2.96. The van der Waals surface area contributed by atoms with Gasteiger partial charge in [0, 0.05) is 6.42 Å². The predicted octanol–water partition coefficient (Wildman–Crippen LogP) is 1.48. The number of carbonyl (C=O) groups is 1. The molecular weight excluding hydrogens is 184 g/mol. The van der Waals surface area contributed by atoms with Crippen molar-refractivity contribution < 1.29 is 19.0 Å². The Labute approximate surface area is 84.5 Å². The molecule has 1 rings (SSSR count). The van der Waals surface area contributed by atoms with Crippen molar-refractivity contribution in [1.82, 2.24) is 0 Å². The van der Waals surface area contributed by atoms with Gasteiger partial charge in [0.15, 0.2) is 5.79 Å². The van der Waals surface area contributed by atoms with E-state index >= 15 is 0 Å². The van der Waals surface area contributed by atoms with Gasteiger partial charge in [-0.2, -0.15) is 0 Å². The van der Waals surface area contributed by atoms with Crippen LogP contribution >= 0.6 is 0 Å². The molecule has 0 amide bonds. The third-order valence-electron chi connectivity index (χ3n) is 2.16. The quantitative estimate of drug-likeness (QED) is 0.633. The maximum Gasteiger partial charge on any atom is 0.311 e. The molecule has 1 aliphatic heterocycles. The van der Waals surface area contributed by atoms with Gasteiger partial charge in [0.05, 0.1) is 26.2 Å². The van der Waals surface area contributed by atoms with Crippen LogP contribution < -0.4 is 0 Å². The van der Waals surface area contributed by atoms with E-state index in [1.165, 1.54) is 0 Å². The van der Waals surface area contributed by atoms with Crippen molar-refractivity contribution in [2.45, 2.75) is 38.9 Å². The lowest BCUT2D eigenvalue weighted by Crippen LogP contribution is -2.33. The van der Waals surface area contributed by atoms with E-state index in [0.717, 1.165) is 12.8 Å². The van der Waals surface area contributed by atoms with Crippen LogP contribution in [0.15, 0.2) is 0 Å². The van der Waals surface area contributed by atoms with Crippen molar-refractivity contribution in [3.05, 3.63) is 0 Å². The lowest BCUT2D eigenvalue weighted by atomic mass is 10.1. The summed E-state index contributed by atoms with van der Waals surface area (Å²) < 4.78 is 15.8. The lowest BCUT2D eigenvalue weighted by molar-refractivity contribution is -0.185. The molecule has 0 atom stereocenters. The SMILES string of the molecule is CCCC1(CC(=O)OCC)OCCO1. The maximum absolute atomic E-state index is 11.3. The summed E-state index contributed by atoms with van der Waals surface area (Å²) in [5.74, 6) is -0.955. The van der Waals surface area contributed by atoms with Gasteiger partial charge in [-0.3, -0.25) is 4.79 Å². The minimum Gasteiger partial charge on any atom is -0.466 e. The number of esters is 1. The van der Waals surface area contributed by atoms with Crippen molar-refractivity contribution >= 4 is 5.97 Å². The Morgan fingerprint density at radius 2 is 2.00 bits per heavy atom. The van der Waals surface area contributed by atoms with E-state index in [1.54, 1.807) is 6.92 Å². The molecule has 1 fully saturated rings. The zero-order chi connectivity index (χ0) is 10.4. The molecule has 0 aromatic heterocycles. The summed E-state index contributed by atoms with van der Waals surface area (Å²) in [6.45, 7) is 5.37. The van der Waals surface area contributed by atoms with Gasteiger partial charge < -0.3 is 14.2 Å². The second kappa shape index (κ2) is 5.32. The highest BCUT2D eigenvalue weighted by atomic mass is 16.7. The van der Waals surface area contributed by atoms with Gasteiger partial charge in [-0.05, 0) is 6.92 Å². The summed E-state index contributed by atoms with van der Waals surface area (Å²) in [6.07, 6.45) is 1.87. The highest BCUT2D eigenvalue weighted by Gasteiger charge is 2.38. The van der Waals surface area contributed by atoms with Crippen molar-refractivity contribution in [3.8, 4) is 0 Å². The van der Waals surface area contributed by atoms with E-state index in [4.69, 9.17) is 14.2 Å². The molecule has 0 aromatic carbocycles. The van der Waals surface area contributed by atoms with Crippen LogP contribution in [-0.4, -0.2) is 31.6 Å². The van der Waals surface area contributed by atoms with Gasteiger partial charge in [0.25, 0.3) is 0 Å². The summed E-state index contributed by atoms with van der Waals surface area (Å²) >= 11 is 0. The first-order valence-electron chi connectivity index (χ1n) is 5.16. The monoisotopic (exact) mass is 202 g/mol. The molecule has 0 bridgehead atoms. The van der Waals surface area contributed by atoms with E-state index in [-0.39, 0.29) is 12.4 Å². The zero-order valence-corrected chi connectivity index (χ0v) is 8.88. The molecule has 82 valence electrons. The molecule has 1 heterocycles. The molecule has 0 saturated carbocycles. The van der Waals surface area contributed by atoms with Crippen molar-refractivity contribution in [1.29, 1.82) is 0 Å². The van der Waals surface area contributed by atoms with Crippen LogP contribution in [0.2, 0.25) is 0 Å². The minimum atomic E-state index is -0.707. The Hall–Kier alpha value is -0.610. The molecule has 0 unspecified atom stereocenters. The molecule has 1 saturated heterocycles. The van der Waals surface area contributed by atoms with E-state index in [1.807, 2.05) is 6.92 Å². The Kier molecular flexibility index (Phi) is 4.35. The average Bonchev–Trinajstić information content (AvgIpc) is 2.54. The van der Waals surface area contributed by atoms with Crippen LogP contribution in [0, 0.1) is 0 Å². The van der Waals surface area contributed by atoms with Gasteiger partial charge in [-0.25, -0.2) is 0 Å². The fourth-order valence-corrected chi connectivity index (χ4v) is 1.64. The first kappa shape index (κ1) is 11.5. The fourth-order valence-electron chi connectivity index (χ4n) is 1.64. The molecule has 0 aromatic rings. The fraction of sp³-hybridized carbons (Fsp3) is 0.900. The van der Waals surface area contributed by atoms with E-state index in [2.05, 4.69) is 0 Å². The number of ether oxygens (including phenoxy) is 3. The van der Waals surface area contributed by atoms with Crippen LogP contribution in [0.4, 0.5) is 0 Å². The topological polar surface area (TPSA) is 44.8 Å². The van der Waals surface area contributed by atoms with Crippen molar-refractivity contribution in [2.24, 2.45) is 0 Å². The minimum absolute atomic E-state index is 0.203. The second-order valence-corrected chi connectivity index (χ2v) is 3.34. The van der Waals surface area contributed by atoms with Crippen LogP contribution in [0.1, 0.15) is 33.1 Å². The number of rotatable bonds is 5. The molecule has 14 heavy (non-hydrogen) atoms. The maximum atomic E-state index is 11.3. The van der Waals surface area contributed by atoms with Gasteiger partial charge in [-0.1, -0.05) is 13.3 Å². The normalized spacial score (nSPS) is 19.6. The van der Waals surface area contributed by atoms with E-state index < -0.39 is 5.79 Å². The Balaban J connectivity index is 2.46. The van der Waals surface area contributed by atoms with Gasteiger partial charge in [0.1, 0.15) is 0 Å². The highest BCUT2D eigenvalue weighted by molar-refractivity contribution is 5.70. The lowest BCUT2D eigenvalue weighted by Gasteiger charge is -2.25. The number of hydrogen-bond acceptors (Lipinski definition) is 4. The summed E-state index contributed by atoms with van der Waals surface area (Å²) in [5, 5.41) is 0. The molecule has 4 heteroatoms. The smallest absolute Gasteiger partial charge is 0.311 e.